The van der Waals surface area contributed by atoms with Gasteiger partial charge in [0.2, 0.25) is 5.91 Å². The predicted molar refractivity (Wildman–Crippen MR) is 81.3 cm³/mol. The van der Waals surface area contributed by atoms with Crippen LogP contribution in [0.1, 0.15) is 72.1 Å². The van der Waals surface area contributed by atoms with Gasteiger partial charge in [-0.15, -0.1) is 0 Å². The highest BCUT2D eigenvalue weighted by Crippen LogP contribution is 2.42. The lowest BCUT2D eigenvalue weighted by Crippen LogP contribution is -2.47. The molecule has 2 N–H and O–H groups in total. The fourth-order valence-electron chi connectivity index (χ4n) is 3.99. The maximum absolute atomic E-state index is 12.3. The first kappa shape index (κ1) is 15.8. The lowest BCUT2D eigenvalue weighted by atomic mass is 9.77. The molecule has 0 spiro atoms. The van der Waals surface area contributed by atoms with E-state index in [4.69, 9.17) is 0 Å². The average Bonchev–Trinajstić information content (AvgIpc) is 2.77. The molecule has 0 aliphatic heterocycles. The van der Waals surface area contributed by atoms with Gasteiger partial charge >= 0.3 is 0 Å². The largest absolute Gasteiger partial charge is 0.388 e. The molecule has 0 aromatic heterocycles. The minimum atomic E-state index is -0.663. The summed E-state index contributed by atoms with van der Waals surface area (Å²) in [5, 5.41) is 13.6. The third-order valence-electron chi connectivity index (χ3n) is 5.78. The summed E-state index contributed by atoms with van der Waals surface area (Å²) in [5.74, 6) is 1.04. The summed E-state index contributed by atoms with van der Waals surface area (Å²) in [4.78, 5) is 12.3. The van der Waals surface area contributed by atoms with Crippen LogP contribution in [-0.4, -0.2) is 23.2 Å². The van der Waals surface area contributed by atoms with E-state index in [0.29, 0.717) is 6.54 Å². The number of carbonyl (C=O) groups excluding carboxylic acids is 1. The highest BCUT2D eigenvalue weighted by Gasteiger charge is 2.40. The van der Waals surface area contributed by atoms with Crippen molar-refractivity contribution in [3.8, 4) is 0 Å². The van der Waals surface area contributed by atoms with Crippen molar-refractivity contribution in [2.24, 2.45) is 17.3 Å². The standard InChI is InChI=1S/C17H31NO2/c1-4-13-7-10-17(20,11-8-13)12-18-15(19)14-6-5-9-16(14,2)3/h13-14,20H,4-12H2,1-3H3,(H,18,19). The fraction of sp³-hybridized carbons (Fsp3) is 0.941. The molecule has 2 aliphatic rings. The van der Waals surface area contributed by atoms with E-state index in [1.54, 1.807) is 0 Å². The van der Waals surface area contributed by atoms with Gasteiger partial charge in [-0.3, -0.25) is 4.79 Å². The molecule has 3 heteroatoms. The van der Waals surface area contributed by atoms with Crippen LogP contribution in [0.25, 0.3) is 0 Å². The summed E-state index contributed by atoms with van der Waals surface area (Å²) < 4.78 is 0. The van der Waals surface area contributed by atoms with Crippen LogP contribution >= 0.6 is 0 Å². The van der Waals surface area contributed by atoms with Crippen molar-refractivity contribution in [1.29, 1.82) is 0 Å². The lowest BCUT2D eigenvalue weighted by Gasteiger charge is -2.36. The quantitative estimate of drug-likeness (QED) is 0.831. The Bertz CT molecular complexity index is 343. The van der Waals surface area contributed by atoms with Crippen LogP contribution in [0.4, 0.5) is 0 Å². The highest BCUT2D eigenvalue weighted by atomic mass is 16.3. The fourth-order valence-corrected chi connectivity index (χ4v) is 3.99. The number of amides is 1. The van der Waals surface area contributed by atoms with Crippen LogP contribution in [-0.2, 0) is 4.79 Å². The molecule has 116 valence electrons. The van der Waals surface area contributed by atoms with Gasteiger partial charge in [-0.1, -0.05) is 33.6 Å². The maximum atomic E-state index is 12.3. The molecule has 0 aromatic carbocycles. The number of rotatable bonds is 4. The lowest BCUT2D eigenvalue weighted by molar-refractivity contribution is -0.129. The topological polar surface area (TPSA) is 49.3 Å². The van der Waals surface area contributed by atoms with Crippen molar-refractivity contribution < 1.29 is 9.90 Å². The van der Waals surface area contributed by atoms with Crippen molar-refractivity contribution in [2.45, 2.75) is 77.7 Å². The zero-order valence-corrected chi connectivity index (χ0v) is 13.4. The first-order chi connectivity index (χ1) is 9.36. The summed E-state index contributed by atoms with van der Waals surface area (Å²) in [7, 11) is 0. The van der Waals surface area contributed by atoms with Gasteiger partial charge in [0.05, 0.1) is 5.60 Å². The molecular weight excluding hydrogens is 250 g/mol. The monoisotopic (exact) mass is 281 g/mol. The second-order valence-electron chi connectivity index (χ2n) is 7.73. The first-order valence-electron chi connectivity index (χ1n) is 8.36. The van der Waals surface area contributed by atoms with E-state index in [1.807, 2.05) is 0 Å². The Morgan fingerprint density at radius 3 is 2.35 bits per heavy atom. The Morgan fingerprint density at radius 1 is 1.20 bits per heavy atom. The maximum Gasteiger partial charge on any atom is 0.223 e. The summed E-state index contributed by atoms with van der Waals surface area (Å²) in [6, 6.07) is 0. The predicted octanol–water partition coefficient (Wildman–Crippen LogP) is 3.26. The smallest absolute Gasteiger partial charge is 0.223 e. The van der Waals surface area contributed by atoms with E-state index in [1.165, 1.54) is 6.42 Å². The molecule has 1 amide bonds. The van der Waals surface area contributed by atoms with Crippen molar-refractivity contribution in [1.82, 2.24) is 5.32 Å². The van der Waals surface area contributed by atoms with Crippen LogP contribution in [0.3, 0.4) is 0 Å². The van der Waals surface area contributed by atoms with E-state index in [9.17, 15) is 9.90 Å². The highest BCUT2D eigenvalue weighted by molar-refractivity contribution is 5.79. The van der Waals surface area contributed by atoms with Gasteiger partial charge in [-0.2, -0.15) is 0 Å². The van der Waals surface area contributed by atoms with Crippen molar-refractivity contribution in [2.75, 3.05) is 6.54 Å². The molecule has 0 radical (unpaired) electrons. The zero-order chi connectivity index (χ0) is 14.8. The normalized spacial score (nSPS) is 36.8. The Morgan fingerprint density at radius 2 is 1.85 bits per heavy atom. The van der Waals surface area contributed by atoms with Crippen LogP contribution in [0.2, 0.25) is 0 Å². The van der Waals surface area contributed by atoms with Crippen LogP contribution in [0.5, 0.6) is 0 Å². The van der Waals surface area contributed by atoms with Gasteiger partial charge < -0.3 is 10.4 Å². The Labute approximate surface area is 123 Å². The van der Waals surface area contributed by atoms with Crippen LogP contribution in [0.15, 0.2) is 0 Å². The zero-order valence-electron chi connectivity index (χ0n) is 13.4. The van der Waals surface area contributed by atoms with Crippen LogP contribution < -0.4 is 5.32 Å². The Hall–Kier alpha value is -0.570. The van der Waals surface area contributed by atoms with Crippen molar-refractivity contribution >= 4 is 5.91 Å². The molecule has 2 rings (SSSR count). The number of aliphatic hydroxyl groups is 1. The molecule has 0 bridgehead atoms. The van der Waals surface area contributed by atoms with Crippen molar-refractivity contribution in [3.63, 3.8) is 0 Å². The molecule has 0 saturated heterocycles. The van der Waals surface area contributed by atoms with Crippen molar-refractivity contribution in [3.05, 3.63) is 0 Å². The number of nitrogens with one attached hydrogen (secondary N) is 1. The summed E-state index contributed by atoms with van der Waals surface area (Å²) in [6.45, 7) is 7.03. The summed E-state index contributed by atoms with van der Waals surface area (Å²) in [6.07, 6.45) is 8.34. The molecule has 1 atom stereocenters. The van der Waals surface area contributed by atoms with E-state index in [-0.39, 0.29) is 17.2 Å². The average molecular weight is 281 g/mol. The number of hydrogen-bond acceptors (Lipinski definition) is 2. The number of carbonyl (C=O) groups is 1. The van der Waals surface area contributed by atoms with Gasteiger partial charge in [0.15, 0.2) is 0 Å². The minimum absolute atomic E-state index is 0.118. The molecule has 20 heavy (non-hydrogen) atoms. The van der Waals surface area contributed by atoms with Crippen LogP contribution in [0, 0.1) is 17.3 Å². The summed E-state index contributed by atoms with van der Waals surface area (Å²) >= 11 is 0. The third-order valence-corrected chi connectivity index (χ3v) is 5.78. The molecule has 0 heterocycles. The number of hydrogen-bond donors (Lipinski definition) is 2. The molecule has 2 saturated carbocycles. The van der Waals surface area contributed by atoms with Gasteiger partial charge in [0.25, 0.3) is 0 Å². The molecular formula is C17H31NO2. The Kier molecular flexibility index (Phi) is 4.78. The SMILES string of the molecule is CCC1CCC(O)(CNC(=O)C2CCCC2(C)C)CC1. The molecule has 0 aromatic rings. The summed E-state index contributed by atoms with van der Waals surface area (Å²) in [5.41, 5.74) is -0.545. The molecule has 2 aliphatic carbocycles. The van der Waals surface area contributed by atoms with E-state index in [0.717, 1.165) is 50.9 Å². The van der Waals surface area contributed by atoms with Gasteiger partial charge in [0, 0.05) is 12.5 Å². The van der Waals surface area contributed by atoms with Gasteiger partial charge in [0.1, 0.15) is 0 Å². The van der Waals surface area contributed by atoms with Gasteiger partial charge in [-0.05, 0) is 49.9 Å². The van der Waals surface area contributed by atoms with E-state index >= 15 is 0 Å². The third kappa shape index (κ3) is 3.55. The molecule has 1 unspecified atom stereocenters. The second kappa shape index (κ2) is 6.05. The molecule has 2 fully saturated rings. The van der Waals surface area contributed by atoms with Gasteiger partial charge in [-0.25, -0.2) is 0 Å². The molecule has 3 nitrogen and oxygen atoms in total. The van der Waals surface area contributed by atoms with E-state index in [2.05, 4.69) is 26.1 Å². The Balaban J connectivity index is 1.81. The minimum Gasteiger partial charge on any atom is -0.388 e. The second-order valence-corrected chi connectivity index (χ2v) is 7.73. The van der Waals surface area contributed by atoms with E-state index < -0.39 is 5.60 Å². The first-order valence-corrected chi connectivity index (χ1v) is 8.36.